The average Bonchev–Trinajstić information content (AvgIpc) is 1.88. The van der Waals surface area contributed by atoms with Crippen LogP contribution in [0.3, 0.4) is 0 Å². The van der Waals surface area contributed by atoms with Gasteiger partial charge in [0.1, 0.15) is 0 Å². The average molecular weight is 177 g/mol. The normalized spacial score (nSPS) is 29.2. The molecule has 1 amide bonds. The first-order chi connectivity index (χ1) is 4.72. The van der Waals surface area contributed by atoms with Gasteiger partial charge in [-0.2, -0.15) is 0 Å². The third kappa shape index (κ3) is 2.52. The van der Waals surface area contributed by atoms with Crippen molar-refractivity contribution in [3.8, 4) is 0 Å². The quantitative estimate of drug-likeness (QED) is 0.560. The number of amides is 1. The van der Waals surface area contributed by atoms with Crippen LogP contribution >= 0.6 is 12.4 Å². The van der Waals surface area contributed by atoms with E-state index in [9.17, 15) is 4.79 Å². The summed E-state index contributed by atoms with van der Waals surface area (Å²) in [6, 6.07) is -0.161. The van der Waals surface area contributed by atoms with Crippen molar-refractivity contribution in [3.63, 3.8) is 0 Å². The Balaban J connectivity index is 0.000001000. The predicted molar refractivity (Wildman–Crippen MR) is 46.3 cm³/mol. The van der Waals surface area contributed by atoms with E-state index in [1.54, 1.807) is 0 Å². The van der Waals surface area contributed by atoms with Crippen molar-refractivity contribution < 1.29 is 4.79 Å². The van der Waals surface area contributed by atoms with Gasteiger partial charge in [-0.25, -0.2) is 0 Å². The standard InChI is InChI=1S/C7H12N2O.ClH/c8-6-4-2-1-3-5(6)7(9)10;/h2,4-6H,1,3,8H2,(H2,9,10);1H/t5-,6+;/m0./s1. The van der Waals surface area contributed by atoms with Crippen LogP contribution in [0.25, 0.3) is 0 Å². The topological polar surface area (TPSA) is 69.1 Å². The highest BCUT2D eigenvalue weighted by Crippen LogP contribution is 2.16. The number of hydrogen-bond acceptors (Lipinski definition) is 2. The Kier molecular flexibility index (Phi) is 4.15. The number of primary amides is 1. The number of halogens is 1. The molecule has 11 heavy (non-hydrogen) atoms. The van der Waals surface area contributed by atoms with E-state index in [1.165, 1.54) is 0 Å². The zero-order chi connectivity index (χ0) is 7.56. The van der Waals surface area contributed by atoms with E-state index in [-0.39, 0.29) is 30.3 Å². The summed E-state index contributed by atoms with van der Waals surface area (Å²) in [5.41, 5.74) is 10.7. The lowest BCUT2D eigenvalue weighted by molar-refractivity contribution is -0.122. The molecule has 0 radical (unpaired) electrons. The summed E-state index contributed by atoms with van der Waals surface area (Å²) in [5, 5.41) is 0. The number of rotatable bonds is 1. The smallest absolute Gasteiger partial charge is 0.222 e. The number of allylic oxidation sites excluding steroid dienone is 1. The van der Waals surface area contributed by atoms with Gasteiger partial charge in [0.2, 0.25) is 5.91 Å². The molecule has 0 unspecified atom stereocenters. The van der Waals surface area contributed by atoms with Crippen LogP contribution in [-0.2, 0) is 4.79 Å². The number of nitrogens with two attached hydrogens (primary N) is 2. The molecule has 0 aliphatic heterocycles. The van der Waals surface area contributed by atoms with Gasteiger partial charge in [0, 0.05) is 6.04 Å². The van der Waals surface area contributed by atoms with Crippen molar-refractivity contribution in [3.05, 3.63) is 12.2 Å². The highest BCUT2D eigenvalue weighted by molar-refractivity contribution is 5.85. The van der Waals surface area contributed by atoms with E-state index in [1.807, 2.05) is 12.2 Å². The van der Waals surface area contributed by atoms with Crippen molar-refractivity contribution in [2.75, 3.05) is 0 Å². The van der Waals surface area contributed by atoms with E-state index in [4.69, 9.17) is 11.5 Å². The van der Waals surface area contributed by atoms with E-state index in [0.717, 1.165) is 12.8 Å². The lowest BCUT2D eigenvalue weighted by atomic mass is 9.90. The molecule has 0 bridgehead atoms. The summed E-state index contributed by atoms with van der Waals surface area (Å²) >= 11 is 0. The summed E-state index contributed by atoms with van der Waals surface area (Å²) in [6.45, 7) is 0. The first kappa shape index (κ1) is 10.5. The molecule has 4 heteroatoms. The summed E-state index contributed by atoms with van der Waals surface area (Å²) in [5.74, 6) is -0.429. The summed E-state index contributed by atoms with van der Waals surface area (Å²) in [7, 11) is 0. The van der Waals surface area contributed by atoms with Crippen LogP contribution in [0.15, 0.2) is 12.2 Å². The zero-order valence-electron chi connectivity index (χ0n) is 6.19. The minimum absolute atomic E-state index is 0. The molecule has 64 valence electrons. The highest BCUT2D eigenvalue weighted by atomic mass is 35.5. The number of carbonyl (C=O) groups is 1. The fourth-order valence-corrected chi connectivity index (χ4v) is 1.19. The fraction of sp³-hybridized carbons (Fsp3) is 0.571. The summed E-state index contributed by atoms with van der Waals surface area (Å²) in [4.78, 5) is 10.7. The molecule has 1 aliphatic carbocycles. The lowest BCUT2D eigenvalue weighted by Gasteiger charge is -2.20. The summed E-state index contributed by atoms with van der Waals surface area (Å²) in [6.07, 6.45) is 5.55. The molecule has 0 aromatic rings. The van der Waals surface area contributed by atoms with Crippen molar-refractivity contribution in [1.29, 1.82) is 0 Å². The zero-order valence-corrected chi connectivity index (χ0v) is 7.01. The predicted octanol–water partition coefficient (Wildman–Crippen LogP) is 0.187. The maximum Gasteiger partial charge on any atom is 0.222 e. The molecule has 1 rings (SSSR count). The second-order valence-electron chi connectivity index (χ2n) is 2.59. The van der Waals surface area contributed by atoms with Gasteiger partial charge in [0.15, 0.2) is 0 Å². The van der Waals surface area contributed by atoms with Crippen molar-refractivity contribution in [2.45, 2.75) is 18.9 Å². The van der Waals surface area contributed by atoms with Crippen molar-refractivity contribution >= 4 is 18.3 Å². The minimum atomic E-state index is -0.281. The van der Waals surface area contributed by atoms with Crippen LogP contribution in [0, 0.1) is 5.92 Å². The molecule has 2 atom stereocenters. The molecule has 4 N–H and O–H groups in total. The van der Waals surface area contributed by atoms with E-state index < -0.39 is 0 Å². The molecule has 0 aromatic carbocycles. The first-order valence-electron chi connectivity index (χ1n) is 3.43. The molecule has 0 fully saturated rings. The molecule has 0 saturated carbocycles. The molecule has 3 nitrogen and oxygen atoms in total. The Morgan fingerprint density at radius 1 is 1.55 bits per heavy atom. The largest absolute Gasteiger partial charge is 0.369 e. The molecule has 0 aromatic heterocycles. The molecule has 1 aliphatic rings. The number of carbonyl (C=O) groups excluding carboxylic acids is 1. The maximum atomic E-state index is 10.7. The van der Waals surface area contributed by atoms with E-state index in [0.29, 0.717) is 0 Å². The lowest BCUT2D eigenvalue weighted by Crippen LogP contribution is -2.39. The van der Waals surface area contributed by atoms with Gasteiger partial charge in [0.25, 0.3) is 0 Å². The third-order valence-corrected chi connectivity index (χ3v) is 1.83. The van der Waals surface area contributed by atoms with Gasteiger partial charge in [-0.05, 0) is 12.8 Å². The highest BCUT2D eigenvalue weighted by Gasteiger charge is 2.22. The minimum Gasteiger partial charge on any atom is -0.369 e. The molecule has 0 heterocycles. The van der Waals surface area contributed by atoms with Gasteiger partial charge < -0.3 is 11.5 Å². The van der Waals surface area contributed by atoms with Crippen molar-refractivity contribution in [1.82, 2.24) is 0 Å². The second-order valence-corrected chi connectivity index (χ2v) is 2.59. The van der Waals surface area contributed by atoms with Gasteiger partial charge >= 0.3 is 0 Å². The molecular weight excluding hydrogens is 164 g/mol. The Morgan fingerprint density at radius 2 is 2.18 bits per heavy atom. The molecule has 0 saturated heterocycles. The first-order valence-corrected chi connectivity index (χ1v) is 3.43. The van der Waals surface area contributed by atoms with E-state index in [2.05, 4.69) is 0 Å². The van der Waals surface area contributed by atoms with Crippen LogP contribution in [0.1, 0.15) is 12.8 Å². The summed E-state index contributed by atoms with van der Waals surface area (Å²) < 4.78 is 0. The monoisotopic (exact) mass is 176 g/mol. The number of hydrogen-bond donors (Lipinski definition) is 2. The van der Waals surface area contributed by atoms with Gasteiger partial charge in [-0.1, -0.05) is 12.2 Å². The Hall–Kier alpha value is -0.540. The van der Waals surface area contributed by atoms with E-state index >= 15 is 0 Å². The van der Waals surface area contributed by atoms with Gasteiger partial charge in [-0.15, -0.1) is 12.4 Å². The van der Waals surface area contributed by atoms with Crippen LogP contribution in [0.5, 0.6) is 0 Å². The van der Waals surface area contributed by atoms with Crippen LogP contribution < -0.4 is 11.5 Å². The van der Waals surface area contributed by atoms with Gasteiger partial charge in [-0.3, -0.25) is 4.79 Å². The molecule has 0 spiro atoms. The third-order valence-electron chi connectivity index (χ3n) is 1.83. The Bertz CT molecular complexity index is 170. The Morgan fingerprint density at radius 3 is 2.55 bits per heavy atom. The van der Waals surface area contributed by atoms with Crippen molar-refractivity contribution in [2.24, 2.45) is 17.4 Å². The van der Waals surface area contributed by atoms with Crippen LogP contribution in [0.2, 0.25) is 0 Å². The van der Waals surface area contributed by atoms with Gasteiger partial charge in [0.05, 0.1) is 5.92 Å². The Labute approximate surface area is 72.2 Å². The van der Waals surface area contributed by atoms with Crippen LogP contribution in [-0.4, -0.2) is 11.9 Å². The fourth-order valence-electron chi connectivity index (χ4n) is 1.19. The molecular formula is C7H13ClN2O. The second kappa shape index (κ2) is 4.36. The SMILES string of the molecule is Cl.NC(=O)[C@H]1CCC=C[C@H]1N. The van der Waals surface area contributed by atoms with Crippen LogP contribution in [0.4, 0.5) is 0 Å². The maximum absolute atomic E-state index is 10.7.